The number of para-hydroxylation sites is 1. The number of benzene rings is 1. The van der Waals surface area contributed by atoms with Crippen LogP contribution in [0.3, 0.4) is 0 Å². The van der Waals surface area contributed by atoms with E-state index in [2.05, 4.69) is 40.6 Å². The molecule has 0 aliphatic carbocycles. The minimum atomic E-state index is 1.07. The van der Waals surface area contributed by atoms with E-state index in [1.54, 1.807) is 0 Å². The van der Waals surface area contributed by atoms with E-state index in [0.717, 1.165) is 12.4 Å². The van der Waals surface area contributed by atoms with Crippen LogP contribution in [-0.4, -0.2) is 25.5 Å². The minimum absolute atomic E-state index is 1.07. The second-order valence-electron chi connectivity index (χ2n) is 4.19. The normalized spacial score (nSPS) is 13.3. The van der Waals surface area contributed by atoms with Crippen LogP contribution in [0.5, 0.6) is 0 Å². The molecule has 0 spiro atoms. The molecule has 0 radical (unpaired) electrons. The Labute approximate surface area is 106 Å². The first kappa shape index (κ1) is 13.6. The van der Waals surface area contributed by atoms with E-state index < -0.39 is 0 Å². The van der Waals surface area contributed by atoms with E-state index in [0.29, 0.717) is 0 Å². The van der Waals surface area contributed by atoms with E-state index in [-0.39, 0.29) is 0 Å². The smallest absolute Gasteiger partial charge is 0.100 e. The summed E-state index contributed by atoms with van der Waals surface area (Å²) in [6, 6.07) is 8.61. The van der Waals surface area contributed by atoms with Crippen molar-refractivity contribution in [3.8, 4) is 0 Å². The number of hydrogen-bond donors (Lipinski definition) is 0. The van der Waals surface area contributed by atoms with Crippen LogP contribution in [0.15, 0.2) is 36.7 Å². The molecule has 1 aromatic carbocycles. The maximum absolute atomic E-state index is 4.13. The molecule has 0 aromatic heterocycles. The lowest BCUT2D eigenvalue weighted by Crippen LogP contribution is -2.34. The second-order valence-corrected chi connectivity index (χ2v) is 4.19. The van der Waals surface area contributed by atoms with Gasteiger partial charge in [-0.2, -0.15) is 0 Å². The fourth-order valence-electron chi connectivity index (χ4n) is 2.04. The Kier molecular flexibility index (Phi) is 5.08. The monoisotopic (exact) mass is 232 g/mol. The van der Waals surface area contributed by atoms with Crippen molar-refractivity contribution in [2.45, 2.75) is 26.7 Å². The highest BCUT2D eigenvalue weighted by molar-refractivity contribution is 5.58. The SMILES string of the molecule is C=C(N(C)C)N1CCCc2ccccc21.CC. The number of rotatable bonds is 2. The molecule has 0 N–H and O–H groups in total. The zero-order chi connectivity index (χ0) is 12.8. The van der Waals surface area contributed by atoms with Crippen molar-refractivity contribution in [1.29, 1.82) is 0 Å². The Bertz CT molecular complexity index is 369. The van der Waals surface area contributed by atoms with Gasteiger partial charge in [0.2, 0.25) is 0 Å². The van der Waals surface area contributed by atoms with Gasteiger partial charge in [-0.15, -0.1) is 0 Å². The van der Waals surface area contributed by atoms with Crippen molar-refractivity contribution in [1.82, 2.24) is 4.90 Å². The van der Waals surface area contributed by atoms with Crippen molar-refractivity contribution in [2.75, 3.05) is 25.5 Å². The Morgan fingerprint density at radius 2 is 1.88 bits per heavy atom. The van der Waals surface area contributed by atoms with Crippen LogP contribution in [0.1, 0.15) is 25.8 Å². The van der Waals surface area contributed by atoms with Gasteiger partial charge in [0.25, 0.3) is 0 Å². The summed E-state index contributed by atoms with van der Waals surface area (Å²) in [5, 5.41) is 0. The van der Waals surface area contributed by atoms with Crippen LogP contribution in [0, 0.1) is 0 Å². The number of fused-ring (bicyclic) bond motifs is 1. The van der Waals surface area contributed by atoms with Crippen molar-refractivity contribution in [3.05, 3.63) is 42.2 Å². The number of hydrogen-bond acceptors (Lipinski definition) is 2. The Balaban J connectivity index is 0.000000686. The summed E-state index contributed by atoms with van der Waals surface area (Å²) in [6.07, 6.45) is 2.40. The largest absolute Gasteiger partial charge is 0.365 e. The third kappa shape index (κ3) is 3.02. The predicted molar refractivity (Wildman–Crippen MR) is 76.3 cm³/mol. The number of aryl methyl sites for hydroxylation is 1. The molecule has 0 fully saturated rings. The summed E-state index contributed by atoms with van der Waals surface area (Å²) < 4.78 is 0. The molecule has 0 atom stereocenters. The lowest BCUT2D eigenvalue weighted by atomic mass is 10.0. The van der Waals surface area contributed by atoms with Crippen LogP contribution >= 0.6 is 0 Å². The Morgan fingerprint density at radius 1 is 1.24 bits per heavy atom. The van der Waals surface area contributed by atoms with Crippen LogP contribution < -0.4 is 4.90 Å². The molecule has 2 heteroatoms. The molecule has 94 valence electrons. The summed E-state index contributed by atoms with van der Waals surface area (Å²) >= 11 is 0. The number of anilines is 1. The highest BCUT2D eigenvalue weighted by atomic mass is 15.3. The van der Waals surface area contributed by atoms with Gasteiger partial charge in [0.1, 0.15) is 5.82 Å². The van der Waals surface area contributed by atoms with Crippen LogP contribution in [-0.2, 0) is 6.42 Å². The quantitative estimate of drug-likeness (QED) is 0.770. The second kappa shape index (κ2) is 6.33. The van der Waals surface area contributed by atoms with Gasteiger partial charge in [0.05, 0.1) is 0 Å². The maximum Gasteiger partial charge on any atom is 0.100 e. The fraction of sp³-hybridized carbons (Fsp3) is 0.467. The Morgan fingerprint density at radius 3 is 2.53 bits per heavy atom. The highest BCUT2D eigenvalue weighted by Crippen LogP contribution is 2.29. The van der Waals surface area contributed by atoms with Crippen LogP contribution in [0.25, 0.3) is 0 Å². The molecule has 1 aromatic rings. The molecular weight excluding hydrogens is 208 g/mol. The van der Waals surface area contributed by atoms with E-state index in [9.17, 15) is 0 Å². The molecule has 1 aliphatic rings. The molecule has 1 aliphatic heterocycles. The van der Waals surface area contributed by atoms with Gasteiger partial charge < -0.3 is 9.80 Å². The lowest BCUT2D eigenvalue weighted by molar-refractivity contribution is 0.483. The standard InChI is InChI=1S/C13H18N2.C2H6/c1-11(14(2)3)15-10-6-8-12-7-4-5-9-13(12)15;1-2/h4-5,7,9H,1,6,8,10H2,2-3H3;1-2H3. The topological polar surface area (TPSA) is 6.48 Å². The zero-order valence-electron chi connectivity index (χ0n) is 11.5. The summed E-state index contributed by atoms with van der Waals surface area (Å²) in [5.41, 5.74) is 2.76. The molecule has 0 saturated carbocycles. The summed E-state index contributed by atoms with van der Waals surface area (Å²) in [5.74, 6) is 1.07. The first-order valence-corrected chi connectivity index (χ1v) is 6.42. The predicted octanol–water partition coefficient (Wildman–Crippen LogP) is 3.50. The van der Waals surface area contributed by atoms with Crippen LogP contribution in [0.4, 0.5) is 5.69 Å². The van der Waals surface area contributed by atoms with Gasteiger partial charge in [0.15, 0.2) is 0 Å². The minimum Gasteiger partial charge on any atom is -0.365 e. The average molecular weight is 232 g/mol. The van der Waals surface area contributed by atoms with Gasteiger partial charge in [-0.1, -0.05) is 38.6 Å². The van der Waals surface area contributed by atoms with E-state index in [1.165, 1.54) is 24.1 Å². The summed E-state index contributed by atoms with van der Waals surface area (Å²) in [6.45, 7) is 9.21. The average Bonchev–Trinajstić information content (AvgIpc) is 2.39. The Hall–Kier alpha value is -1.44. The third-order valence-corrected chi connectivity index (χ3v) is 2.94. The van der Waals surface area contributed by atoms with Crippen molar-refractivity contribution in [2.24, 2.45) is 0 Å². The van der Waals surface area contributed by atoms with Gasteiger partial charge in [-0.3, -0.25) is 0 Å². The van der Waals surface area contributed by atoms with Gasteiger partial charge >= 0.3 is 0 Å². The van der Waals surface area contributed by atoms with E-state index in [4.69, 9.17) is 0 Å². The lowest BCUT2D eigenvalue weighted by Gasteiger charge is -2.35. The van der Waals surface area contributed by atoms with Crippen molar-refractivity contribution in [3.63, 3.8) is 0 Å². The molecular formula is C15H24N2. The maximum atomic E-state index is 4.13. The molecule has 2 nitrogen and oxygen atoms in total. The molecule has 0 unspecified atom stereocenters. The first-order chi connectivity index (χ1) is 8.20. The molecule has 0 bridgehead atoms. The van der Waals surface area contributed by atoms with E-state index in [1.807, 2.05) is 27.9 Å². The fourth-order valence-corrected chi connectivity index (χ4v) is 2.04. The molecule has 2 rings (SSSR count). The third-order valence-electron chi connectivity index (χ3n) is 2.94. The molecule has 0 amide bonds. The zero-order valence-corrected chi connectivity index (χ0v) is 11.5. The molecule has 1 heterocycles. The number of nitrogens with zero attached hydrogens (tertiary/aromatic N) is 2. The van der Waals surface area contributed by atoms with Gasteiger partial charge in [0, 0.05) is 26.3 Å². The first-order valence-electron chi connectivity index (χ1n) is 6.42. The van der Waals surface area contributed by atoms with Gasteiger partial charge in [-0.25, -0.2) is 0 Å². The molecule has 0 saturated heterocycles. The van der Waals surface area contributed by atoms with Gasteiger partial charge in [-0.05, 0) is 24.5 Å². The van der Waals surface area contributed by atoms with Crippen molar-refractivity contribution < 1.29 is 0 Å². The molecule has 17 heavy (non-hydrogen) atoms. The summed E-state index contributed by atoms with van der Waals surface area (Å²) in [7, 11) is 4.08. The van der Waals surface area contributed by atoms with E-state index >= 15 is 0 Å². The summed E-state index contributed by atoms with van der Waals surface area (Å²) in [4.78, 5) is 4.38. The highest BCUT2D eigenvalue weighted by Gasteiger charge is 2.18. The van der Waals surface area contributed by atoms with Crippen molar-refractivity contribution >= 4 is 5.69 Å². The van der Waals surface area contributed by atoms with Crippen LogP contribution in [0.2, 0.25) is 0 Å².